The summed E-state index contributed by atoms with van der Waals surface area (Å²) in [6.45, 7) is 6.04. The summed E-state index contributed by atoms with van der Waals surface area (Å²) in [6, 6.07) is -0.0931. The number of hydrogen-bond donors (Lipinski definition) is 1. The first kappa shape index (κ1) is 27.2. The van der Waals surface area contributed by atoms with Crippen LogP contribution in [0.3, 0.4) is 0 Å². The van der Waals surface area contributed by atoms with Gasteiger partial charge in [-0.3, -0.25) is 4.79 Å². The fourth-order valence-electron chi connectivity index (χ4n) is 4.37. The standard InChI is InChI=1S/C24H32ClFN2O4S2/c1-16(2)32-33-17(3)4-6-20(13-26)34(31)28-10-8-18(9-11-28)22-14-27(15-24(29)30)23-12-19(25)5-7-21(22)23/h4-7,12,14,16,18,21,23H,8-11,13,15H2,1-3H3,(H,29,30)/b17-4+,20-6+. The molecule has 1 saturated heterocycles. The number of aliphatic carboxylic acids is 1. The third-order valence-corrected chi connectivity index (χ3v) is 8.61. The topological polar surface area (TPSA) is 70.1 Å². The highest BCUT2D eigenvalue weighted by Crippen LogP contribution is 2.41. The lowest BCUT2D eigenvalue weighted by Gasteiger charge is -2.34. The lowest BCUT2D eigenvalue weighted by Crippen LogP contribution is -2.38. The molecule has 1 fully saturated rings. The Kier molecular flexibility index (Phi) is 10.0. The number of hydrogen-bond acceptors (Lipinski definition) is 5. The molecule has 2 aliphatic heterocycles. The van der Waals surface area contributed by atoms with E-state index in [0.29, 0.717) is 18.1 Å². The Bertz CT molecular complexity index is 939. The Hall–Kier alpha value is -1.39. The van der Waals surface area contributed by atoms with Gasteiger partial charge in [-0.05, 0) is 69.4 Å². The SMILES string of the molecule is C/C(=C\C=C(/CF)S(=O)N1CCC(C2=CN(CC(=O)O)C3C=C(Cl)C=CC23)CC1)SOC(C)C. The zero-order chi connectivity index (χ0) is 24.8. The number of carboxylic acid groups (broad SMARTS) is 1. The molecule has 10 heteroatoms. The summed E-state index contributed by atoms with van der Waals surface area (Å²) in [5, 5.41) is 9.91. The first-order chi connectivity index (χ1) is 16.2. The number of carbonyl (C=O) groups is 1. The van der Waals surface area contributed by atoms with Crippen molar-refractivity contribution in [3.05, 3.63) is 57.0 Å². The van der Waals surface area contributed by atoms with Gasteiger partial charge in [-0.2, -0.15) is 0 Å². The average Bonchev–Trinajstić information content (AvgIpc) is 3.14. The second-order valence-electron chi connectivity index (χ2n) is 8.85. The van der Waals surface area contributed by atoms with Crippen molar-refractivity contribution in [2.75, 3.05) is 26.3 Å². The molecule has 0 radical (unpaired) electrons. The molecule has 1 N–H and O–H groups in total. The summed E-state index contributed by atoms with van der Waals surface area (Å²) in [7, 11) is -1.54. The molecular weight excluding hydrogens is 499 g/mol. The molecule has 0 amide bonds. The van der Waals surface area contributed by atoms with E-state index < -0.39 is 23.6 Å². The van der Waals surface area contributed by atoms with Crippen molar-refractivity contribution in [2.45, 2.75) is 45.8 Å². The maximum atomic E-state index is 13.7. The second kappa shape index (κ2) is 12.5. The number of allylic oxidation sites excluding steroid dienone is 6. The van der Waals surface area contributed by atoms with Gasteiger partial charge in [-0.15, -0.1) is 0 Å². The van der Waals surface area contributed by atoms with Crippen LogP contribution in [0.4, 0.5) is 4.39 Å². The van der Waals surface area contributed by atoms with Gasteiger partial charge in [0, 0.05) is 47.2 Å². The minimum atomic E-state index is -1.54. The lowest BCUT2D eigenvalue weighted by molar-refractivity contribution is -0.137. The minimum absolute atomic E-state index is 0.0759. The van der Waals surface area contributed by atoms with Crippen molar-refractivity contribution < 1.29 is 22.7 Å². The van der Waals surface area contributed by atoms with Gasteiger partial charge < -0.3 is 14.2 Å². The van der Waals surface area contributed by atoms with Gasteiger partial charge in [0.1, 0.15) is 24.2 Å². The number of rotatable bonds is 10. The lowest BCUT2D eigenvalue weighted by atomic mass is 9.80. The van der Waals surface area contributed by atoms with Crippen LogP contribution in [0.25, 0.3) is 0 Å². The molecule has 0 spiro atoms. The summed E-state index contributed by atoms with van der Waals surface area (Å²) in [5.74, 6) is -0.549. The number of nitrogens with zero attached hydrogens (tertiary/aromatic N) is 2. The maximum absolute atomic E-state index is 13.7. The van der Waals surface area contributed by atoms with E-state index in [1.54, 1.807) is 12.2 Å². The van der Waals surface area contributed by atoms with Gasteiger partial charge in [-0.25, -0.2) is 12.9 Å². The average molecular weight is 531 g/mol. The predicted octanol–water partition coefficient (Wildman–Crippen LogP) is 5.15. The van der Waals surface area contributed by atoms with Crippen LogP contribution in [0.1, 0.15) is 33.6 Å². The van der Waals surface area contributed by atoms with Gasteiger partial charge in [0.25, 0.3) is 0 Å². The maximum Gasteiger partial charge on any atom is 0.323 e. The number of fused-ring (bicyclic) bond motifs is 1. The number of alkyl halides is 1. The molecule has 0 aromatic carbocycles. The molecule has 0 aromatic rings. The van der Waals surface area contributed by atoms with Crippen molar-refractivity contribution in [3.8, 4) is 0 Å². The highest BCUT2D eigenvalue weighted by molar-refractivity contribution is 7.98. The summed E-state index contributed by atoms with van der Waals surface area (Å²) in [4.78, 5) is 14.3. The first-order valence-electron chi connectivity index (χ1n) is 11.4. The van der Waals surface area contributed by atoms with Crippen LogP contribution < -0.4 is 0 Å². The van der Waals surface area contributed by atoms with Crippen LogP contribution in [0.5, 0.6) is 0 Å². The first-order valence-corrected chi connectivity index (χ1v) is 13.6. The highest BCUT2D eigenvalue weighted by atomic mass is 35.5. The van der Waals surface area contributed by atoms with Gasteiger partial charge in [0.15, 0.2) is 0 Å². The van der Waals surface area contributed by atoms with Gasteiger partial charge in [0.05, 0.1) is 17.1 Å². The smallest absolute Gasteiger partial charge is 0.323 e. The van der Waals surface area contributed by atoms with E-state index in [0.717, 1.165) is 17.7 Å². The molecule has 2 heterocycles. The van der Waals surface area contributed by atoms with Crippen molar-refractivity contribution in [3.63, 3.8) is 0 Å². The monoisotopic (exact) mass is 530 g/mol. The summed E-state index contributed by atoms with van der Waals surface area (Å²) in [6.07, 6.45) is 12.7. The molecular formula is C24H32ClFN2O4S2. The molecule has 188 valence electrons. The van der Waals surface area contributed by atoms with E-state index in [2.05, 4.69) is 0 Å². The summed E-state index contributed by atoms with van der Waals surface area (Å²) >= 11 is 7.41. The molecule has 0 bridgehead atoms. The molecule has 34 heavy (non-hydrogen) atoms. The van der Waals surface area contributed by atoms with Gasteiger partial charge in [0.2, 0.25) is 0 Å². The van der Waals surface area contributed by atoms with Crippen LogP contribution in [0.15, 0.2) is 57.0 Å². The van der Waals surface area contributed by atoms with Gasteiger partial charge >= 0.3 is 5.97 Å². The summed E-state index contributed by atoms with van der Waals surface area (Å²) in [5.41, 5.74) is 1.19. The van der Waals surface area contributed by atoms with Crippen LogP contribution in [-0.2, 0) is 20.0 Å². The molecule has 1 aliphatic carbocycles. The molecule has 3 rings (SSSR count). The molecule has 6 nitrogen and oxygen atoms in total. The minimum Gasteiger partial charge on any atom is -0.480 e. The largest absolute Gasteiger partial charge is 0.480 e. The van der Waals surface area contributed by atoms with Crippen molar-refractivity contribution in [1.82, 2.24) is 9.21 Å². The van der Waals surface area contributed by atoms with Crippen molar-refractivity contribution in [1.29, 1.82) is 0 Å². The quantitative estimate of drug-likeness (QED) is 0.311. The normalized spacial score (nSPS) is 25.4. The Balaban J connectivity index is 1.63. The molecule has 3 aliphatic rings. The fraction of sp³-hybridized carbons (Fsp3) is 0.542. The van der Waals surface area contributed by atoms with E-state index in [9.17, 15) is 18.5 Å². The number of carboxylic acids is 1. The molecule has 0 aromatic heterocycles. The number of halogens is 2. The predicted molar refractivity (Wildman–Crippen MR) is 137 cm³/mol. The van der Waals surface area contributed by atoms with Crippen molar-refractivity contribution in [2.24, 2.45) is 11.8 Å². The van der Waals surface area contributed by atoms with Crippen LogP contribution in [0, 0.1) is 11.8 Å². The van der Waals surface area contributed by atoms with Crippen LogP contribution >= 0.6 is 23.6 Å². The Morgan fingerprint density at radius 3 is 2.71 bits per heavy atom. The molecule has 0 saturated carbocycles. The number of piperidine rings is 1. The van der Waals surface area contributed by atoms with E-state index in [4.69, 9.17) is 15.8 Å². The Morgan fingerprint density at radius 2 is 2.09 bits per heavy atom. The van der Waals surface area contributed by atoms with Crippen LogP contribution in [0.2, 0.25) is 0 Å². The van der Waals surface area contributed by atoms with E-state index in [-0.39, 0.29) is 35.4 Å². The third kappa shape index (κ3) is 7.07. The van der Waals surface area contributed by atoms with E-state index >= 15 is 0 Å². The highest BCUT2D eigenvalue weighted by Gasteiger charge is 2.39. The molecule has 3 unspecified atom stereocenters. The fourth-order valence-corrected chi connectivity index (χ4v) is 6.19. The summed E-state index contributed by atoms with van der Waals surface area (Å²) < 4.78 is 34.0. The Labute approximate surface area is 213 Å². The van der Waals surface area contributed by atoms with E-state index in [1.165, 1.54) is 17.6 Å². The van der Waals surface area contributed by atoms with Crippen molar-refractivity contribution >= 4 is 40.6 Å². The van der Waals surface area contributed by atoms with Gasteiger partial charge in [-0.1, -0.05) is 17.7 Å². The van der Waals surface area contributed by atoms with E-state index in [1.807, 2.05) is 54.4 Å². The van der Waals surface area contributed by atoms with Crippen LogP contribution in [-0.4, -0.2) is 62.9 Å². The third-order valence-electron chi connectivity index (χ3n) is 5.95. The Morgan fingerprint density at radius 1 is 1.38 bits per heavy atom. The zero-order valence-corrected chi connectivity index (χ0v) is 22.0. The zero-order valence-electron chi connectivity index (χ0n) is 19.7. The second-order valence-corrected chi connectivity index (χ2v) is 11.8. The molecule has 3 atom stereocenters.